The summed E-state index contributed by atoms with van der Waals surface area (Å²) in [5.41, 5.74) is 0. The van der Waals surface area contributed by atoms with Crippen molar-refractivity contribution < 1.29 is 33.0 Å². The summed E-state index contributed by atoms with van der Waals surface area (Å²) in [6, 6.07) is -0.811. The number of rotatable bonds is 8. The fraction of sp³-hybridized carbons (Fsp3) is 1.00. The van der Waals surface area contributed by atoms with Gasteiger partial charge in [0.25, 0.3) is 0 Å². The van der Waals surface area contributed by atoms with E-state index in [2.05, 4.69) is 4.84 Å². The van der Waals surface area contributed by atoms with Crippen LogP contribution < -0.4 is 10.8 Å². The summed E-state index contributed by atoms with van der Waals surface area (Å²) in [6.45, 7) is 1.41. The predicted octanol–water partition coefficient (Wildman–Crippen LogP) is -1.63. The van der Waals surface area contributed by atoms with Gasteiger partial charge < -0.3 is 33.0 Å². The Morgan fingerprint density at radius 3 is 2.63 bits per heavy atom. The SMILES string of the molecule is [B][C@@H]1O[C@H](COC)[C@H](OP(C)(=O)[O-])C1OCCON. The molecule has 0 aromatic carbocycles. The maximum absolute atomic E-state index is 11.3. The largest absolute Gasteiger partial charge is 0.779 e. The van der Waals surface area contributed by atoms with Gasteiger partial charge in [-0.15, -0.1) is 0 Å². The van der Waals surface area contributed by atoms with Gasteiger partial charge in [-0.05, 0) is 0 Å². The van der Waals surface area contributed by atoms with E-state index in [0.29, 0.717) is 0 Å². The van der Waals surface area contributed by atoms with Crippen molar-refractivity contribution in [2.45, 2.75) is 24.3 Å². The van der Waals surface area contributed by atoms with Crippen LogP contribution in [0.2, 0.25) is 0 Å². The van der Waals surface area contributed by atoms with E-state index < -0.39 is 31.9 Å². The van der Waals surface area contributed by atoms with Crippen LogP contribution in [-0.4, -0.2) is 65.8 Å². The van der Waals surface area contributed by atoms with Gasteiger partial charge in [-0.2, -0.15) is 0 Å². The normalized spacial score (nSPS) is 34.3. The van der Waals surface area contributed by atoms with Crippen LogP contribution in [-0.2, 0) is 28.1 Å². The molecular formula is C9H18BNO7P-. The summed E-state index contributed by atoms with van der Waals surface area (Å²) in [6.07, 6.45) is -2.22. The molecule has 1 fully saturated rings. The molecule has 0 aliphatic carbocycles. The third-order valence-corrected chi connectivity index (χ3v) is 3.13. The van der Waals surface area contributed by atoms with Crippen molar-refractivity contribution in [1.82, 2.24) is 0 Å². The van der Waals surface area contributed by atoms with Crippen molar-refractivity contribution in [3.63, 3.8) is 0 Å². The molecular weight excluding hydrogens is 276 g/mol. The molecule has 2 unspecified atom stereocenters. The van der Waals surface area contributed by atoms with Crippen LogP contribution in [0.1, 0.15) is 0 Å². The van der Waals surface area contributed by atoms with Crippen LogP contribution in [0, 0.1) is 0 Å². The first-order chi connectivity index (χ1) is 8.89. The average molecular weight is 294 g/mol. The molecule has 0 amide bonds. The summed E-state index contributed by atoms with van der Waals surface area (Å²) >= 11 is 0. The first kappa shape index (κ1) is 17.1. The van der Waals surface area contributed by atoms with Gasteiger partial charge in [-0.25, -0.2) is 5.90 Å². The molecule has 5 atom stereocenters. The highest BCUT2D eigenvalue weighted by molar-refractivity contribution is 7.50. The molecule has 0 spiro atoms. The molecule has 0 saturated carbocycles. The molecule has 0 bridgehead atoms. The summed E-state index contributed by atoms with van der Waals surface area (Å²) in [5.74, 6) is 4.87. The third-order valence-electron chi connectivity index (χ3n) is 2.50. The highest BCUT2D eigenvalue weighted by Gasteiger charge is 2.44. The molecule has 8 nitrogen and oxygen atoms in total. The quantitative estimate of drug-likeness (QED) is 0.246. The Balaban J connectivity index is 2.70. The van der Waals surface area contributed by atoms with E-state index >= 15 is 0 Å². The van der Waals surface area contributed by atoms with E-state index in [-0.39, 0.29) is 19.8 Å². The van der Waals surface area contributed by atoms with Gasteiger partial charge in [-0.1, -0.05) is 0 Å². The minimum Gasteiger partial charge on any atom is -0.779 e. The zero-order chi connectivity index (χ0) is 14.5. The van der Waals surface area contributed by atoms with Crippen molar-refractivity contribution in [3.8, 4) is 0 Å². The topological polar surface area (TPSA) is 112 Å². The zero-order valence-electron chi connectivity index (χ0n) is 10.9. The second kappa shape index (κ2) is 7.71. The maximum Gasteiger partial charge on any atom is 0.132 e. The monoisotopic (exact) mass is 294 g/mol. The Labute approximate surface area is 113 Å². The first-order valence-electron chi connectivity index (χ1n) is 5.69. The standard InChI is InChI=1S/C9H19BNO7P/c1-14-5-6-7(18-19(2,12)13)8(9(10)17-6)15-3-4-16-11/h6-9H,3-5,11H2,1-2H3,(H,12,13)/p-1/t6-,7+,8?,9-/m1/s1. The van der Waals surface area contributed by atoms with Gasteiger partial charge in [0.15, 0.2) is 0 Å². The van der Waals surface area contributed by atoms with Gasteiger partial charge in [0, 0.05) is 19.8 Å². The molecule has 2 radical (unpaired) electrons. The van der Waals surface area contributed by atoms with E-state index in [9.17, 15) is 9.46 Å². The fourth-order valence-electron chi connectivity index (χ4n) is 1.82. The van der Waals surface area contributed by atoms with Crippen LogP contribution in [0.4, 0.5) is 0 Å². The molecule has 110 valence electrons. The number of nitrogens with two attached hydrogens (primary N) is 1. The Morgan fingerprint density at radius 1 is 1.42 bits per heavy atom. The molecule has 19 heavy (non-hydrogen) atoms. The lowest BCUT2D eigenvalue weighted by atomic mass is 9.93. The van der Waals surface area contributed by atoms with Crippen molar-refractivity contribution in [3.05, 3.63) is 0 Å². The smallest absolute Gasteiger partial charge is 0.132 e. The summed E-state index contributed by atoms with van der Waals surface area (Å²) in [4.78, 5) is 15.6. The second-order valence-electron chi connectivity index (χ2n) is 4.14. The summed E-state index contributed by atoms with van der Waals surface area (Å²) in [7, 11) is 3.25. The average Bonchev–Trinajstić information content (AvgIpc) is 2.56. The number of methoxy groups -OCH3 is 1. The van der Waals surface area contributed by atoms with Crippen molar-refractivity contribution in [2.75, 3.05) is 33.6 Å². The second-order valence-corrected chi connectivity index (χ2v) is 5.90. The fourth-order valence-corrected chi connectivity index (χ4v) is 2.52. The molecule has 1 aliphatic heterocycles. The summed E-state index contributed by atoms with van der Waals surface area (Å²) in [5, 5.41) is 0. The van der Waals surface area contributed by atoms with E-state index in [1.807, 2.05) is 0 Å². The minimum atomic E-state index is -3.96. The van der Waals surface area contributed by atoms with Gasteiger partial charge in [0.05, 0.1) is 19.8 Å². The van der Waals surface area contributed by atoms with Gasteiger partial charge in [0.1, 0.15) is 33.8 Å². The van der Waals surface area contributed by atoms with Gasteiger partial charge in [-0.3, -0.25) is 0 Å². The Hall–Kier alpha value is 0.0149. The Morgan fingerprint density at radius 2 is 2.11 bits per heavy atom. The first-order valence-corrected chi connectivity index (χ1v) is 7.68. The van der Waals surface area contributed by atoms with Crippen LogP contribution in [0.3, 0.4) is 0 Å². The molecule has 0 aromatic rings. The molecule has 1 aliphatic rings. The zero-order valence-corrected chi connectivity index (χ0v) is 11.8. The molecule has 2 N–H and O–H groups in total. The van der Waals surface area contributed by atoms with E-state index in [4.69, 9.17) is 32.5 Å². The maximum atomic E-state index is 11.3. The van der Waals surface area contributed by atoms with Crippen molar-refractivity contribution in [2.24, 2.45) is 5.90 Å². The van der Waals surface area contributed by atoms with E-state index in [0.717, 1.165) is 6.66 Å². The van der Waals surface area contributed by atoms with Crippen LogP contribution in [0.5, 0.6) is 0 Å². The highest BCUT2D eigenvalue weighted by Crippen LogP contribution is 2.39. The Bertz CT molecular complexity index is 315. The van der Waals surface area contributed by atoms with Crippen LogP contribution in [0.25, 0.3) is 0 Å². The van der Waals surface area contributed by atoms with E-state index in [1.54, 1.807) is 0 Å². The number of ether oxygens (including phenoxy) is 3. The van der Waals surface area contributed by atoms with Crippen molar-refractivity contribution >= 4 is 15.4 Å². The molecule has 0 aromatic heterocycles. The molecule has 10 heteroatoms. The van der Waals surface area contributed by atoms with E-state index in [1.165, 1.54) is 7.11 Å². The van der Waals surface area contributed by atoms with Gasteiger partial charge >= 0.3 is 0 Å². The van der Waals surface area contributed by atoms with Crippen molar-refractivity contribution in [1.29, 1.82) is 0 Å². The summed E-state index contributed by atoms with van der Waals surface area (Å²) < 4.78 is 32.0. The third kappa shape index (κ3) is 5.49. The number of hydrogen-bond donors (Lipinski definition) is 1. The number of hydrogen-bond acceptors (Lipinski definition) is 8. The molecule has 1 rings (SSSR count). The molecule has 1 saturated heterocycles. The lowest BCUT2D eigenvalue weighted by Gasteiger charge is -2.29. The minimum absolute atomic E-state index is 0.144. The van der Waals surface area contributed by atoms with Crippen LogP contribution >= 0.6 is 7.60 Å². The van der Waals surface area contributed by atoms with Crippen LogP contribution in [0.15, 0.2) is 0 Å². The Kier molecular flexibility index (Phi) is 6.92. The molecule has 1 heterocycles. The predicted molar refractivity (Wildman–Crippen MR) is 64.6 cm³/mol. The van der Waals surface area contributed by atoms with Gasteiger partial charge in [0.2, 0.25) is 0 Å². The highest BCUT2D eigenvalue weighted by atomic mass is 31.2. The lowest BCUT2D eigenvalue weighted by Crippen LogP contribution is -2.40. The lowest BCUT2D eigenvalue weighted by molar-refractivity contribution is -0.205.